The molecule has 2 aromatic carbocycles. The Morgan fingerprint density at radius 3 is 2.31 bits per heavy atom. The number of ether oxygens (including phenoxy) is 2. The normalized spacial score (nSPS) is 20.9. The third-order valence-corrected chi connectivity index (χ3v) is 8.74. The molecule has 1 aliphatic heterocycles. The lowest BCUT2D eigenvalue weighted by Crippen LogP contribution is -2.33. The van der Waals surface area contributed by atoms with E-state index in [9.17, 15) is 18.6 Å². The summed E-state index contributed by atoms with van der Waals surface area (Å²) in [5.74, 6) is 0.580. The molecule has 4 atom stereocenters. The number of aliphatic hydroxyl groups is 2. The van der Waals surface area contributed by atoms with Crippen LogP contribution in [0.1, 0.15) is 42.4 Å². The summed E-state index contributed by atoms with van der Waals surface area (Å²) in [6.45, 7) is 2.21. The molecule has 1 aliphatic rings. The van der Waals surface area contributed by atoms with Crippen molar-refractivity contribution in [2.24, 2.45) is 0 Å². The van der Waals surface area contributed by atoms with E-state index in [1.165, 1.54) is 18.0 Å². The van der Waals surface area contributed by atoms with Crippen LogP contribution < -0.4 is 10.0 Å². The Hall–Kier alpha value is -3.46. The van der Waals surface area contributed by atoms with Crippen molar-refractivity contribution in [3.8, 4) is 0 Å². The van der Waals surface area contributed by atoms with Crippen molar-refractivity contribution in [3.05, 3.63) is 83.9 Å². The number of hydrogen-bond acceptors (Lipinski definition) is 10. The van der Waals surface area contributed by atoms with Crippen LogP contribution in [0.4, 0.5) is 5.82 Å². The van der Waals surface area contributed by atoms with Crippen LogP contribution in [-0.4, -0.2) is 82.5 Å². The second-order valence-corrected chi connectivity index (χ2v) is 12.1. The van der Waals surface area contributed by atoms with Gasteiger partial charge in [0.2, 0.25) is 10.0 Å². The summed E-state index contributed by atoms with van der Waals surface area (Å²) in [4.78, 5) is 13.8. The van der Waals surface area contributed by atoms with Gasteiger partial charge in [-0.15, -0.1) is 0 Å². The van der Waals surface area contributed by atoms with Gasteiger partial charge in [-0.3, -0.25) is 4.57 Å². The molecular formula is C29H36N6O6S. The number of nitrogens with one attached hydrogen (secondary N) is 2. The van der Waals surface area contributed by atoms with Crippen LogP contribution in [0, 0.1) is 0 Å². The summed E-state index contributed by atoms with van der Waals surface area (Å²) >= 11 is 0. The van der Waals surface area contributed by atoms with E-state index in [0.717, 1.165) is 11.1 Å². The molecular weight excluding hydrogens is 560 g/mol. The molecule has 224 valence electrons. The summed E-state index contributed by atoms with van der Waals surface area (Å²) in [7, 11) is -2.04. The predicted molar refractivity (Wildman–Crippen MR) is 157 cm³/mol. The van der Waals surface area contributed by atoms with Crippen LogP contribution in [0.15, 0.2) is 67.0 Å². The third-order valence-electron chi connectivity index (χ3n) is 7.21. The first-order valence-electron chi connectivity index (χ1n) is 13.9. The van der Waals surface area contributed by atoms with Gasteiger partial charge in [-0.05, 0) is 17.5 Å². The molecule has 12 nitrogen and oxygen atoms in total. The first-order valence-corrected chi connectivity index (χ1v) is 15.5. The number of hydrogen-bond donors (Lipinski definition) is 4. The Morgan fingerprint density at radius 2 is 1.69 bits per heavy atom. The van der Waals surface area contributed by atoms with Crippen LogP contribution in [0.25, 0.3) is 11.2 Å². The number of anilines is 1. The van der Waals surface area contributed by atoms with E-state index < -0.39 is 34.6 Å². The largest absolute Gasteiger partial charge is 0.387 e. The zero-order valence-electron chi connectivity index (χ0n) is 23.5. The zero-order valence-corrected chi connectivity index (χ0v) is 24.3. The first kappa shape index (κ1) is 30.0. The maximum absolute atomic E-state index is 12.4. The van der Waals surface area contributed by atoms with Gasteiger partial charge >= 0.3 is 0 Å². The van der Waals surface area contributed by atoms with Gasteiger partial charge in [-0.2, -0.15) is 0 Å². The number of rotatable bonds is 13. The number of nitrogens with zero attached hydrogens (tertiary/aromatic N) is 4. The summed E-state index contributed by atoms with van der Waals surface area (Å²) in [5, 5.41) is 24.7. The molecule has 4 N–H and O–H groups in total. The fourth-order valence-electron chi connectivity index (χ4n) is 5.12. The maximum atomic E-state index is 12.4. The fraction of sp³-hybridized carbons (Fsp3) is 0.414. The van der Waals surface area contributed by atoms with Crippen molar-refractivity contribution in [1.82, 2.24) is 24.2 Å². The van der Waals surface area contributed by atoms with Crippen LogP contribution >= 0.6 is 0 Å². The Balaban J connectivity index is 1.51. The number of benzene rings is 2. The molecule has 0 aliphatic carbocycles. The van der Waals surface area contributed by atoms with E-state index in [2.05, 4.69) is 49.3 Å². The minimum Gasteiger partial charge on any atom is -0.387 e. The van der Waals surface area contributed by atoms with Gasteiger partial charge in [-0.1, -0.05) is 67.6 Å². The van der Waals surface area contributed by atoms with Gasteiger partial charge in [0.05, 0.1) is 25.2 Å². The van der Waals surface area contributed by atoms with Crippen molar-refractivity contribution in [2.45, 2.75) is 50.3 Å². The van der Waals surface area contributed by atoms with Crippen molar-refractivity contribution in [1.29, 1.82) is 0 Å². The average molecular weight is 597 g/mol. The molecule has 1 unspecified atom stereocenters. The molecule has 5 rings (SSSR count). The summed E-state index contributed by atoms with van der Waals surface area (Å²) in [6.07, 6.45) is -2.23. The smallest absolute Gasteiger partial charge is 0.211 e. The molecule has 1 saturated heterocycles. The lowest BCUT2D eigenvalue weighted by atomic mass is 9.91. The monoisotopic (exact) mass is 596 g/mol. The summed E-state index contributed by atoms with van der Waals surface area (Å²) < 4.78 is 39.9. The fourth-order valence-corrected chi connectivity index (χ4v) is 6.15. The van der Waals surface area contributed by atoms with Crippen LogP contribution in [0.3, 0.4) is 0 Å². The topological polar surface area (TPSA) is 161 Å². The van der Waals surface area contributed by atoms with Crippen molar-refractivity contribution in [3.63, 3.8) is 0 Å². The lowest BCUT2D eigenvalue weighted by molar-refractivity contribution is -0.0580. The number of aromatic nitrogens is 4. The Kier molecular flexibility index (Phi) is 9.46. The number of fused-ring (bicyclic) bond motifs is 1. The van der Waals surface area contributed by atoms with Gasteiger partial charge < -0.3 is 25.0 Å². The highest BCUT2D eigenvalue weighted by Crippen LogP contribution is 2.33. The van der Waals surface area contributed by atoms with Crippen molar-refractivity contribution < 1.29 is 28.1 Å². The van der Waals surface area contributed by atoms with Crippen molar-refractivity contribution >= 4 is 27.0 Å². The van der Waals surface area contributed by atoms with Crippen LogP contribution in [-0.2, 0) is 26.0 Å². The van der Waals surface area contributed by atoms with Gasteiger partial charge in [-0.25, -0.2) is 28.1 Å². The van der Waals surface area contributed by atoms with Gasteiger partial charge in [0, 0.05) is 19.6 Å². The molecule has 0 bridgehead atoms. The Bertz CT molecular complexity index is 1530. The quantitative estimate of drug-likeness (QED) is 0.180. The Labute approximate surface area is 244 Å². The van der Waals surface area contributed by atoms with E-state index in [0.29, 0.717) is 29.9 Å². The van der Waals surface area contributed by atoms with Crippen molar-refractivity contribution in [2.75, 3.05) is 31.3 Å². The molecule has 0 amide bonds. The number of imidazole rings is 1. The minimum atomic E-state index is -3.52. The van der Waals surface area contributed by atoms with Gasteiger partial charge in [0.25, 0.3) is 0 Å². The molecule has 13 heteroatoms. The molecule has 3 heterocycles. The lowest BCUT2D eigenvalue weighted by Gasteiger charge is -2.20. The van der Waals surface area contributed by atoms with Crippen LogP contribution in [0.5, 0.6) is 0 Å². The minimum absolute atomic E-state index is 0.0176. The molecule has 42 heavy (non-hydrogen) atoms. The average Bonchev–Trinajstić information content (AvgIpc) is 3.54. The molecule has 2 aromatic heterocycles. The Morgan fingerprint density at radius 1 is 1.02 bits per heavy atom. The summed E-state index contributed by atoms with van der Waals surface area (Å²) in [6, 6.07) is 20.2. The zero-order chi connectivity index (χ0) is 29.7. The van der Waals surface area contributed by atoms with Crippen LogP contribution in [0.2, 0.25) is 0 Å². The maximum Gasteiger partial charge on any atom is 0.211 e. The van der Waals surface area contributed by atoms with Gasteiger partial charge in [0.1, 0.15) is 24.1 Å². The predicted octanol–water partition coefficient (Wildman–Crippen LogP) is 2.17. The number of sulfonamides is 1. The van der Waals surface area contributed by atoms with Gasteiger partial charge in [0.15, 0.2) is 23.2 Å². The van der Waals surface area contributed by atoms with E-state index in [1.807, 2.05) is 36.4 Å². The summed E-state index contributed by atoms with van der Waals surface area (Å²) in [5.41, 5.74) is 2.96. The molecule has 0 spiro atoms. The van der Waals surface area contributed by atoms with E-state index in [1.54, 1.807) is 6.92 Å². The van der Waals surface area contributed by atoms with E-state index >= 15 is 0 Å². The number of aliphatic hydroxyl groups excluding tert-OH is 2. The highest BCUT2D eigenvalue weighted by atomic mass is 32.2. The highest BCUT2D eigenvalue weighted by molar-refractivity contribution is 7.89. The SMILES string of the molecule is CCCS(=O)(=O)NCc1nc(NCC(c2ccccc2)c2ccccc2)c2ncn([C@@H]3OC(COC)[C@@H](O)[C@H]3O)c2n1. The second kappa shape index (κ2) is 13.2. The first-order chi connectivity index (χ1) is 20.3. The molecule has 4 aromatic rings. The van der Waals surface area contributed by atoms with E-state index in [4.69, 9.17) is 9.47 Å². The number of methoxy groups -OCH3 is 1. The molecule has 0 saturated carbocycles. The standard InChI is InChI=1S/C29H36N6O6S/c1-3-14-42(38,39)32-16-23-33-27(30-15-21(19-10-6-4-7-11-19)20-12-8-5-9-13-20)24-28(34-23)35(18-31-24)29-26(37)25(36)22(41-29)17-40-2/h4-13,18,21-22,25-26,29,32,36-37H,3,14-17H2,1-2H3,(H,30,33,34)/t22?,25-,26-,29-/m1/s1. The highest BCUT2D eigenvalue weighted by Gasteiger charge is 2.44. The third kappa shape index (κ3) is 6.61. The molecule has 0 radical (unpaired) electrons. The second-order valence-electron chi connectivity index (χ2n) is 10.2. The van der Waals surface area contributed by atoms with E-state index in [-0.39, 0.29) is 30.6 Å². The molecule has 1 fully saturated rings.